The van der Waals surface area contributed by atoms with E-state index in [1.165, 1.54) is 18.5 Å². The first-order chi connectivity index (χ1) is 10.5. The lowest BCUT2D eigenvalue weighted by molar-refractivity contribution is -0.157. The van der Waals surface area contributed by atoms with Crippen LogP contribution in [0, 0.1) is 0 Å². The standard InChI is InChI=1S/C14H19NO5S2/c1-19-11-6-9-21-12(11)22(17,18)15(10-4-5-10)14(7-3-8-14)13(16)20-2/h6,9-10H,3-5,7-8H2,1-2H3. The maximum Gasteiger partial charge on any atom is 0.327 e. The maximum atomic E-state index is 13.2. The number of ether oxygens (including phenoxy) is 2. The summed E-state index contributed by atoms with van der Waals surface area (Å²) in [6.07, 6.45) is 3.43. The van der Waals surface area contributed by atoms with Crippen LogP contribution in [0.25, 0.3) is 0 Å². The van der Waals surface area contributed by atoms with Gasteiger partial charge in [0.1, 0.15) is 11.3 Å². The predicted octanol–water partition coefficient (Wildman–Crippen LogP) is 2.01. The zero-order valence-electron chi connectivity index (χ0n) is 12.6. The summed E-state index contributed by atoms with van der Waals surface area (Å²) in [6, 6.07) is 1.52. The van der Waals surface area contributed by atoms with Crippen molar-refractivity contribution < 1.29 is 22.7 Å². The molecule has 122 valence electrons. The van der Waals surface area contributed by atoms with Gasteiger partial charge in [-0.25, -0.2) is 8.42 Å². The highest BCUT2D eigenvalue weighted by Gasteiger charge is 2.59. The van der Waals surface area contributed by atoms with Crippen LogP contribution in [0.1, 0.15) is 32.1 Å². The molecule has 6 nitrogen and oxygen atoms in total. The molecule has 2 saturated carbocycles. The number of methoxy groups -OCH3 is 2. The second-order valence-corrected chi connectivity index (χ2v) is 8.61. The molecule has 0 spiro atoms. The van der Waals surface area contributed by atoms with Crippen molar-refractivity contribution in [3.8, 4) is 5.75 Å². The molecule has 0 saturated heterocycles. The second kappa shape index (κ2) is 5.50. The van der Waals surface area contributed by atoms with E-state index in [4.69, 9.17) is 9.47 Å². The van der Waals surface area contributed by atoms with Crippen molar-refractivity contribution in [2.75, 3.05) is 14.2 Å². The van der Waals surface area contributed by atoms with Crippen LogP contribution in [-0.4, -0.2) is 44.5 Å². The fraction of sp³-hybridized carbons (Fsp3) is 0.643. The van der Waals surface area contributed by atoms with Crippen LogP contribution in [-0.2, 0) is 19.6 Å². The van der Waals surface area contributed by atoms with Crippen molar-refractivity contribution in [1.82, 2.24) is 4.31 Å². The van der Waals surface area contributed by atoms with Gasteiger partial charge in [-0.05, 0) is 43.6 Å². The highest BCUT2D eigenvalue weighted by atomic mass is 32.2. The molecular weight excluding hydrogens is 326 g/mol. The van der Waals surface area contributed by atoms with Crippen molar-refractivity contribution in [2.45, 2.75) is 47.9 Å². The SMILES string of the molecule is COC(=O)C1(N(C2CC2)S(=O)(=O)c2sccc2OC)CCC1. The number of thiophene rings is 1. The van der Waals surface area contributed by atoms with Crippen molar-refractivity contribution in [2.24, 2.45) is 0 Å². The molecule has 3 rings (SSSR count). The molecule has 0 amide bonds. The molecule has 8 heteroatoms. The summed E-state index contributed by atoms with van der Waals surface area (Å²) < 4.78 is 38.0. The summed E-state index contributed by atoms with van der Waals surface area (Å²) in [4.78, 5) is 12.3. The molecular formula is C14H19NO5S2. The first kappa shape index (κ1) is 15.8. The highest BCUT2D eigenvalue weighted by molar-refractivity contribution is 7.91. The van der Waals surface area contributed by atoms with E-state index in [0.717, 1.165) is 30.6 Å². The number of hydrogen-bond donors (Lipinski definition) is 0. The van der Waals surface area contributed by atoms with Gasteiger partial charge in [-0.15, -0.1) is 11.3 Å². The lowest BCUT2D eigenvalue weighted by Gasteiger charge is -2.46. The second-order valence-electron chi connectivity index (χ2n) is 5.69. The smallest absolute Gasteiger partial charge is 0.327 e. The zero-order valence-corrected chi connectivity index (χ0v) is 14.2. The van der Waals surface area contributed by atoms with Crippen molar-refractivity contribution in [1.29, 1.82) is 0 Å². The molecule has 1 aromatic heterocycles. The molecule has 0 bridgehead atoms. The summed E-state index contributed by atoms with van der Waals surface area (Å²) in [6.45, 7) is 0. The minimum Gasteiger partial charge on any atom is -0.494 e. The van der Waals surface area contributed by atoms with Gasteiger partial charge in [0.2, 0.25) is 0 Å². The van der Waals surface area contributed by atoms with Crippen molar-refractivity contribution >= 4 is 27.3 Å². The van der Waals surface area contributed by atoms with Crippen LogP contribution in [0.3, 0.4) is 0 Å². The molecule has 0 aliphatic heterocycles. The molecule has 0 N–H and O–H groups in total. The van der Waals surface area contributed by atoms with E-state index in [0.29, 0.717) is 18.6 Å². The minimum atomic E-state index is -3.78. The van der Waals surface area contributed by atoms with Gasteiger partial charge in [0.25, 0.3) is 10.0 Å². The summed E-state index contributed by atoms with van der Waals surface area (Å²) >= 11 is 1.12. The lowest BCUT2D eigenvalue weighted by Crippen LogP contribution is -2.62. The average Bonchev–Trinajstić information content (AvgIpc) is 3.15. The number of carbonyl (C=O) groups excluding carboxylic acids is 1. The van der Waals surface area contributed by atoms with Crippen LogP contribution in [0.15, 0.2) is 15.7 Å². The van der Waals surface area contributed by atoms with Crippen LogP contribution >= 0.6 is 11.3 Å². The fourth-order valence-electron chi connectivity index (χ4n) is 3.01. The molecule has 1 heterocycles. The van der Waals surface area contributed by atoms with Gasteiger partial charge in [0.15, 0.2) is 4.21 Å². The van der Waals surface area contributed by atoms with E-state index in [2.05, 4.69) is 0 Å². The van der Waals surface area contributed by atoms with E-state index >= 15 is 0 Å². The molecule has 2 aliphatic carbocycles. The third-order valence-corrected chi connectivity index (χ3v) is 7.80. The van der Waals surface area contributed by atoms with E-state index < -0.39 is 21.5 Å². The maximum absolute atomic E-state index is 13.2. The number of sulfonamides is 1. The van der Waals surface area contributed by atoms with E-state index in [1.54, 1.807) is 11.4 Å². The molecule has 2 aliphatic rings. The molecule has 2 fully saturated rings. The van der Waals surface area contributed by atoms with Crippen LogP contribution in [0.4, 0.5) is 0 Å². The summed E-state index contributed by atoms with van der Waals surface area (Å²) in [7, 11) is -1.03. The van der Waals surface area contributed by atoms with Gasteiger partial charge in [0.05, 0.1) is 14.2 Å². The Kier molecular flexibility index (Phi) is 3.94. The lowest BCUT2D eigenvalue weighted by atomic mass is 9.76. The number of rotatable bonds is 6. The Morgan fingerprint density at radius 2 is 2.05 bits per heavy atom. The largest absolute Gasteiger partial charge is 0.494 e. The molecule has 1 aromatic rings. The third kappa shape index (κ3) is 2.24. The van der Waals surface area contributed by atoms with Crippen LogP contribution in [0.2, 0.25) is 0 Å². The number of esters is 1. The monoisotopic (exact) mass is 345 g/mol. The fourth-order valence-corrected chi connectivity index (χ4v) is 6.39. The molecule has 0 radical (unpaired) electrons. The first-order valence-corrected chi connectivity index (χ1v) is 9.54. The zero-order chi connectivity index (χ0) is 16.0. The van der Waals surface area contributed by atoms with Gasteiger partial charge in [-0.3, -0.25) is 4.79 Å². The summed E-state index contributed by atoms with van der Waals surface area (Å²) in [5.74, 6) is -0.125. The predicted molar refractivity (Wildman–Crippen MR) is 81.5 cm³/mol. The normalized spacial score (nSPS) is 20.5. The van der Waals surface area contributed by atoms with Gasteiger partial charge < -0.3 is 9.47 Å². The topological polar surface area (TPSA) is 72.9 Å². The summed E-state index contributed by atoms with van der Waals surface area (Å²) in [5, 5.41) is 1.68. The first-order valence-electron chi connectivity index (χ1n) is 7.22. The number of hydrogen-bond acceptors (Lipinski definition) is 6. The minimum absolute atomic E-state index is 0.115. The Morgan fingerprint density at radius 3 is 2.50 bits per heavy atom. The van der Waals surface area contributed by atoms with E-state index in [9.17, 15) is 13.2 Å². The number of nitrogens with zero attached hydrogens (tertiary/aromatic N) is 1. The Morgan fingerprint density at radius 1 is 1.36 bits per heavy atom. The Balaban J connectivity index is 2.06. The number of carbonyl (C=O) groups is 1. The highest BCUT2D eigenvalue weighted by Crippen LogP contribution is 2.49. The summed E-state index contributed by atoms with van der Waals surface area (Å²) in [5.41, 5.74) is -1.04. The Labute approximate surface area is 134 Å². The Hall–Kier alpha value is -1.12. The van der Waals surface area contributed by atoms with Crippen molar-refractivity contribution in [3.63, 3.8) is 0 Å². The average molecular weight is 345 g/mol. The third-order valence-electron chi connectivity index (χ3n) is 4.36. The van der Waals surface area contributed by atoms with Crippen molar-refractivity contribution in [3.05, 3.63) is 11.4 Å². The molecule has 0 aromatic carbocycles. The van der Waals surface area contributed by atoms with Gasteiger partial charge in [-0.2, -0.15) is 4.31 Å². The molecule has 0 atom stereocenters. The van der Waals surface area contributed by atoms with Gasteiger partial charge >= 0.3 is 5.97 Å². The van der Waals surface area contributed by atoms with Gasteiger partial charge in [-0.1, -0.05) is 0 Å². The molecule has 22 heavy (non-hydrogen) atoms. The Bertz CT molecular complexity index is 673. The molecule has 0 unspecified atom stereocenters. The van der Waals surface area contributed by atoms with E-state index in [-0.39, 0.29) is 10.3 Å². The van der Waals surface area contributed by atoms with Gasteiger partial charge in [0, 0.05) is 6.04 Å². The van der Waals surface area contributed by atoms with E-state index in [1.807, 2.05) is 0 Å². The quantitative estimate of drug-likeness (QED) is 0.738. The van der Waals surface area contributed by atoms with Crippen LogP contribution < -0.4 is 4.74 Å². The van der Waals surface area contributed by atoms with Crippen LogP contribution in [0.5, 0.6) is 5.75 Å².